The van der Waals surface area contributed by atoms with Gasteiger partial charge in [-0.15, -0.1) is 0 Å². The van der Waals surface area contributed by atoms with Crippen LogP contribution in [-0.2, 0) is 5.60 Å². The number of anilines is 1. The summed E-state index contributed by atoms with van der Waals surface area (Å²) in [4.78, 5) is 8.03. The molecule has 0 aliphatic heterocycles. The number of aromatic nitrogens is 4. The highest BCUT2D eigenvalue weighted by Gasteiger charge is 2.25. The van der Waals surface area contributed by atoms with Crippen LogP contribution < -0.4 is 5.73 Å². The average Bonchev–Trinajstić information content (AvgIpc) is 2.80. The smallest absolute Gasteiger partial charge is 0.222 e. The Bertz CT molecular complexity index is 866. The van der Waals surface area contributed by atoms with Crippen LogP contribution in [0, 0.1) is 6.92 Å². The van der Waals surface area contributed by atoms with Crippen molar-refractivity contribution in [1.82, 2.24) is 19.7 Å². The lowest BCUT2D eigenvalue weighted by atomic mass is 10.0. The van der Waals surface area contributed by atoms with Crippen LogP contribution in [0.2, 0.25) is 5.02 Å². The van der Waals surface area contributed by atoms with Crippen molar-refractivity contribution in [3.63, 3.8) is 0 Å². The first kappa shape index (κ1) is 14.7. The number of aliphatic hydroxyl groups is 1. The van der Waals surface area contributed by atoms with Gasteiger partial charge in [0.25, 0.3) is 0 Å². The third-order valence-corrected chi connectivity index (χ3v) is 3.63. The molecule has 0 fully saturated rings. The molecule has 0 spiro atoms. The van der Waals surface area contributed by atoms with Crippen molar-refractivity contribution in [2.45, 2.75) is 26.4 Å². The zero-order valence-electron chi connectivity index (χ0n) is 12.5. The predicted molar refractivity (Wildman–Crippen MR) is 86.1 cm³/mol. The Balaban J connectivity index is 2.39. The minimum Gasteiger partial charge on any atom is -0.384 e. The molecule has 3 N–H and O–H groups in total. The monoisotopic (exact) mass is 317 g/mol. The van der Waals surface area contributed by atoms with Crippen molar-refractivity contribution in [1.29, 1.82) is 0 Å². The molecule has 3 rings (SSSR count). The number of hydrogen-bond acceptors (Lipinski definition) is 5. The molecule has 2 aromatic heterocycles. The molecular formula is C15H16ClN5O. The van der Waals surface area contributed by atoms with Crippen LogP contribution in [0.4, 0.5) is 5.95 Å². The standard InChI is InChI=1S/C15H16ClN5O/c1-8-4-5-9-11(6-8)21(20-12(9)15(2,3)22)13-10(16)7-18-14(17)19-13/h4-7,22H,1-3H3,(H2,17,18,19). The van der Waals surface area contributed by atoms with Gasteiger partial charge in [0, 0.05) is 5.39 Å². The van der Waals surface area contributed by atoms with E-state index in [0.29, 0.717) is 16.5 Å². The molecule has 22 heavy (non-hydrogen) atoms. The largest absolute Gasteiger partial charge is 0.384 e. The fourth-order valence-corrected chi connectivity index (χ4v) is 2.53. The normalized spacial score (nSPS) is 12.0. The molecule has 0 aliphatic rings. The Hall–Kier alpha value is -2.18. The van der Waals surface area contributed by atoms with E-state index in [0.717, 1.165) is 16.5 Å². The molecule has 0 atom stereocenters. The van der Waals surface area contributed by atoms with Crippen molar-refractivity contribution >= 4 is 28.5 Å². The molecule has 0 unspecified atom stereocenters. The summed E-state index contributed by atoms with van der Waals surface area (Å²) < 4.78 is 1.59. The first-order chi connectivity index (χ1) is 10.3. The lowest BCUT2D eigenvalue weighted by Crippen LogP contribution is -2.17. The van der Waals surface area contributed by atoms with Crippen molar-refractivity contribution in [3.8, 4) is 5.82 Å². The topological polar surface area (TPSA) is 89.9 Å². The van der Waals surface area contributed by atoms with Crippen LogP contribution in [-0.4, -0.2) is 24.9 Å². The summed E-state index contributed by atoms with van der Waals surface area (Å²) in [6.07, 6.45) is 1.44. The molecule has 3 aromatic rings. The van der Waals surface area contributed by atoms with Gasteiger partial charge in [-0.25, -0.2) is 9.67 Å². The van der Waals surface area contributed by atoms with Gasteiger partial charge >= 0.3 is 0 Å². The van der Waals surface area contributed by atoms with Gasteiger partial charge in [-0.3, -0.25) is 0 Å². The van der Waals surface area contributed by atoms with Crippen molar-refractivity contribution in [2.75, 3.05) is 5.73 Å². The van der Waals surface area contributed by atoms with E-state index < -0.39 is 5.60 Å². The van der Waals surface area contributed by atoms with Crippen molar-refractivity contribution in [2.24, 2.45) is 0 Å². The summed E-state index contributed by atoms with van der Waals surface area (Å²) in [5, 5.41) is 16.1. The molecule has 2 heterocycles. The predicted octanol–water partition coefficient (Wildman–Crippen LogP) is 2.59. The Labute approximate surface area is 132 Å². The zero-order valence-corrected chi connectivity index (χ0v) is 13.3. The molecule has 1 aromatic carbocycles. The van der Waals surface area contributed by atoms with Gasteiger partial charge < -0.3 is 10.8 Å². The Morgan fingerprint density at radius 3 is 2.73 bits per heavy atom. The Kier molecular flexibility index (Phi) is 3.30. The second-order valence-corrected chi connectivity index (χ2v) is 6.15. The summed E-state index contributed by atoms with van der Waals surface area (Å²) in [5.41, 5.74) is 6.99. The van der Waals surface area contributed by atoms with Gasteiger partial charge in [-0.2, -0.15) is 10.1 Å². The van der Waals surface area contributed by atoms with Crippen LogP contribution in [0.1, 0.15) is 25.1 Å². The van der Waals surface area contributed by atoms with E-state index in [1.54, 1.807) is 18.5 Å². The Morgan fingerprint density at radius 2 is 2.05 bits per heavy atom. The van der Waals surface area contributed by atoms with Crippen molar-refractivity contribution < 1.29 is 5.11 Å². The second kappa shape index (κ2) is 4.93. The average molecular weight is 318 g/mol. The zero-order chi connectivity index (χ0) is 16.1. The number of hydrogen-bond donors (Lipinski definition) is 2. The van der Waals surface area contributed by atoms with E-state index in [1.165, 1.54) is 6.20 Å². The van der Waals surface area contributed by atoms with Crippen LogP contribution in [0.15, 0.2) is 24.4 Å². The van der Waals surface area contributed by atoms with Gasteiger partial charge in [0.2, 0.25) is 5.95 Å². The molecule has 0 aliphatic carbocycles. The van der Waals surface area contributed by atoms with Gasteiger partial charge in [0.15, 0.2) is 5.82 Å². The molecule has 0 saturated heterocycles. The first-order valence-corrected chi connectivity index (χ1v) is 7.16. The van der Waals surface area contributed by atoms with E-state index >= 15 is 0 Å². The van der Waals surface area contributed by atoms with Gasteiger partial charge in [-0.1, -0.05) is 23.7 Å². The number of nitrogen functional groups attached to an aromatic ring is 1. The summed E-state index contributed by atoms with van der Waals surface area (Å²) in [7, 11) is 0. The maximum Gasteiger partial charge on any atom is 0.222 e. The van der Waals surface area contributed by atoms with Crippen LogP contribution in [0.3, 0.4) is 0 Å². The van der Waals surface area contributed by atoms with Crippen molar-refractivity contribution in [3.05, 3.63) is 40.7 Å². The van der Waals surface area contributed by atoms with E-state index in [9.17, 15) is 5.11 Å². The second-order valence-electron chi connectivity index (χ2n) is 5.74. The summed E-state index contributed by atoms with van der Waals surface area (Å²) >= 11 is 6.19. The number of rotatable bonds is 2. The van der Waals surface area contributed by atoms with E-state index in [4.69, 9.17) is 17.3 Å². The maximum atomic E-state index is 10.4. The fourth-order valence-electron chi connectivity index (χ4n) is 2.36. The SMILES string of the molecule is Cc1ccc2c(C(C)(C)O)nn(-c3nc(N)ncc3Cl)c2c1. The lowest BCUT2D eigenvalue weighted by Gasteiger charge is -2.14. The summed E-state index contributed by atoms with van der Waals surface area (Å²) in [6.45, 7) is 5.36. The fraction of sp³-hybridized carbons (Fsp3) is 0.267. The number of halogens is 1. The summed E-state index contributed by atoms with van der Waals surface area (Å²) in [5.74, 6) is 0.501. The lowest BCUT2D eigenvalue weighted by molar-refractivity contribution is 0.0749. The molecule has 0 radical (unpaired) electrons. The number of nitrogens with two attached hydrogens (primary N) is 1. The highest BCUT2D eigenvalue weighted by atomic mass is 35.5. The third kappa shape index (κ3) is 2.40. The van der Waals surface area contributed by atoms with Gasteiger partial charge in [0.05, 0.1) is 11.7 Å². The Morgan fingerprint density at radius 1 is 1.32 bits per heavy atom. The van der Waals surface area contributed by atoms with Crippen LogP contribution in [0.5, 0.6) is 0 Å². The molecule has 0 saturated carbocycles. The number of benzene rings is 1. The van der Waals surface area contributed by atoms with E-state index in [-0.39, 0.29) is 5.95 Å². The minimum atomic E-state index is -1.09. The highest BCUT2D eigenvalue weighted by Crippen LogP contribution is 2.31. The molecular weight excluding hydrogens is 302 g/mol. The van der Waals surface area contributed by atoms with Gasteiger partial charge in [-0.05, 0) is 32.4 Å². The quantitative estimate of drug-likeness (QED) is 0.758. The van der Waals surface area contributed by atoms with E-state index in [2.05, 4.69) is 15.1 Å². The highest BCUT2D eigenvalue weighted by molar-refractivity contribution is 6.32. The summed E-state index contributed by atoms with van der Waals surface area (Å²) in [6, 6.07) is 5.87. The molecule has 114 valence electrons. The molecule has 0 bridgehead atoms. The molecule has 7 heteroatoms. The minimum absolute atomic E-state index is 0.112. The number of fused-ring (bicyclic) bond motifs is 1. The van der Waals surface area contributed by atoms with Gasteiger partial charge in [0.1, 0.15) is 16.3 Å². The maximum absolute atomic E-state index is 10.4. The number of nitrogens with zero attached hydrogens (tertiary/aromatic N) is 4. The van der Waals surface area contributed by atoms with E-state index in [1.807, 2.05) is 25.1 Å². The van der Waals surface area contributed by atoms with Crippen LogP contribution >= 0.6 is 11.6 Å². The first-order valence-electron chi connectivity index (χ1n) is 6.78. The third-order valence-electron chi connectivity index (χ3n) is 3.36. The number of aryl methyl sites for hydroxylation is 1. The molecule has 0 amide bonds. The van der Waals surface area contributed by atoms with Crippen LogP contribution in [0.25, 0.3) is 16.7 Å². The molecule has 6 nitrogen and oxygen atoms in total.